The molecule has 0 bridgehead atoms. The van der Waals surface area contributed by atoms with Crippen LogP contribution in [0.3, 0.4) is 0 Å². The highest BCUT2D eigenvalue weighted by Crippen LogP contribution is 2.30. The number of carbonyl (C=O) groups excluding carboxylic acids is 1. The van der Waals surface area contributed by atoms with Gasteiger partial charge in [-0.05, 0) is 50.6 Å². The van der Waals surface area contributed by atoms with Gasteiger partial charge in [-0.2, -0.15) is 8.42 Å². The lowest BCUT2D eigenvalue weighted by Gasteiger charge is -2.30. The predicted molar refractivity (Wildman–Crippen MR) is 115 cm³/mol. The highest BCUT2D eigenvalue weighted by atomic mass is 32.2. The summed E-state index contributed by atoms with van der Waals surface area (Å²) >= 11 is 0. The Hall–Kier alpha value is -3.07. The molecule has 0 spiro atoms. The van der Waals surface area contributed by atoms with Crippen LogP contribution in [0.2, 0.25) is 0 Å². The summed E-state index contributed by atoms with van der Waals surface area (Å²) in [7, 11) is -3.99. The molecule has 8 nitrogen and oxygen atoms in total. The second-order valence-corrected chi connectivity index (χ2v) is 9.91. The predicted octanol–water partition coefficient (Wildman–Crippen LogP) is 3.71. The lowest BCUT2D eigenvalue weighted by molar-refractivity contribution is -0.138. The Balaban J connectivity index is 2.18. The smallest absolute Gasteiger partial charge is 0.407 e. The molecule has 0 aliphatic carbocycles. The van der Waals surface area contributed by atoms with Gasteiger partial charge in [0.2, 0.25) is 0 Å². The van der Waals surface area contributed by atoms with Gasteiger partial charge in [-0.25, -0.2) is 4.79 Å². The van der Waals surface area contributed by atoms with E-state index in [1.807, 2.05) is 0 Å². The van der Waals surface area contributed by atoms with E-state index in [0.29, 0.717) is 5.56 Å². The van der Waals surface area contributed by atoms with E-state index in [4.69, 9.17) is 8.92 Å². The van der Waals surface area contributed by atoms with Gasteiger partial charge in [0.1, 0.15) is 16.2 Å². The highest BCUT2D eigenvalue weighted by Gasteiger charge is 2.31. The van der Waals surface area contributed by atoms with Crippen molar-refractivity contribution >= 4 is 22.2 Å². The summed E-state index contributed by atoms with van der Waals surface area (Å²) in [5.74, 6) is -0.953. The Morgan fingerprint density at radius 3 is 2.06 bits per heavy atom. The number of carboxylic acids is 1. The Labute approximate surface area is 182 Å². The van der Waals surface area contributed by atoms with Gasteiger partial charge in [-0.3, -0.25) is 4.79 Å². The van der Waals surface area contributed by atoms with E-state index < -0.39 is 33.2 Å². The second kappa shape index (κ2) is 9.38. The molecule has 0 fully saturated rings. The molecular formula is C22H27NO7S. The number of carboxylic acid groups (broad SMARTS) is 1. The van der Waals surface area contributed by atoms with Gasteiger partial charge in [-0.15, -0.1) is 0 Å². The van der Waals surface area contributed by atoms with Crippen LogP contribution in [0.4, 0.5) is 4.79 Å². The second-order valence-electron chi connectivity index (χ2n) is 8.36. The standard InChI is InChI=1S/C22H27NO7S/c1-21(2,3)29-20(26)23-15-22(4,14-19(24)25)16-10-12-17(13-11-16)30-31(27,28)18-8-6-5-7-9-18/h5-13H,14-15H2,1-4H3,(H,23,26)(H,24,25). The number of benzene rings is 2. The van der Waals surface area contributed by atoms with E-state index in [9.17, 15) is 23.1 Å². The molecule has 0 aliphatic rings. The molecule has 0 aliphatic heterocycles. The molecule has 9 heteroatoms. The molecule has 0 aromatic heterocycles. The zero-order valence-electron chi connectivity index (χ0n) is 17.9. The first-order chi connectivity index (χ1) is 14.3. The first-order valence-corrected chi connectivity index (χ1v) is 11.0. The number of hydrogen-bond donors (Lipinski definition) is 2. The molecule has 2 aromatic rings. The molecule has 0 saturated heterocycles. The molecule has 2 N–H and O–H groups in total. The van der Waals surface area contributed by atoms with Gasteiger partial charge in [0.25, 0.3) is 0 Å². The fourth-order valence-corrected chi connectivity index (χ4v) is 3.81. The fraction of sp³-hybridized carbons (Fsp3) is 0.364. The zero-order chi connectivity index (χ0) is 23.3. The number of amides is 1. The molecule has 1 amide bonds. The maximum Gasteiger partial charge on any atom is 0.407 e. The molecule has 1 atom stereocenters. The third-order valence-electron chi connectivity index (χ3n) is 4.35. The van der Waals surface area contributed by atoms with Crippen molar-refractivity contribution in [3.8, 4) is 5.75 Å². The summed E-state index contributed by atoms with van der Waals surface area (Å²) in [6.07, 6.45) is -0.913. The van der Waals surface area contributed by atoms with Crippen LogP contribution in [0.1, 0.15) is 39.7 Å². The van der Waals surface area contributed by atoms with Crippen molar-refractivity contribution < 1.29 is 32.0 Å². The minimum Gasteiger partial charge on any atom is -0.481 e. The summed E-state index contributed by atoms with van der Waals surface area (Å²) < 4.78 is 35.1. The largest absolute Gasteiger partial charge is 0.481 e. The Bertz CT molecular complexity index is 1010. The number of aliphatic carboxylic acids is 1. The van der Waals surface area contributed by atoms with Crippen molar-refractivity contribution in [1.29, 1.82) is 0 Å². The Morgan fingerprint density at radius 1 is 0.968 bits per heavy atom. The number of ether oxygens (including phenoxy) is 1. The van der Waals surface area contributed by atoms with Gasteiger partial charge in [0, 0.05) is 12.0 Å². The van der Waals surface area contributed by atoms with Gasteiger partial charge in [-0.1, -0.05) is 37.3 Å². The monoisotopic (exact) mass is 449 g/mol. The molecule has 31 heavy (non-hydrogen) atoms. The normalized spacial score (nSPS) is 13.7. The van der Waals surface area contributed by atoms with Crippen LogP contribution in [-0.2, 0) is 25.1 Å². The first-order valence-electron chi connectivity index (χ1n) is 9.59. The number of alkyl carbamates (subject to hydrolysis) is 1. The summed E-state index contributed by atoms with van der Waals surface area (Å²) in [5, 5.41) is 12.0. The number of hydrogen-bond acceptors (Lipinski definition) is 6. The number of nitrogens with one attached hydrogen (secondary N) is 1. The van der Waals surface area contributed by atoms with Gasteiger partial charge >= 0.3 is 22.2 Å². The van der Waals surface area contributed by atoms with Crippen molar-refractivity contribution in [3.05, 3.63) is 60.2 Å². The van der Waals surface area contributed by atoms with Crippen LogP contribution in [0.15, 0.2) is 59.5 Å². The minimum atomic E-state index is -3.99. The van der Waals surface area contributed by atoms with Crippen LogP contribution in [0.5, 0.6) is 5.75 Å². The van der Waals surface area contributed by atoms with E-state index in [1.165, 1.54) is 24.3 Å². The molecule has 0 saturated carbocycles. The van der Waals surface area contributed by atoms with E-state index in [1.54, 1.807) is 58.0 Å². The van der Waals surface area contributed by atoms with Crippen LogP contribution < -0.4 is 9.50 Å². The summed E-state index contributed by atoms with van der Waals surface area (Å²) in [4.78, 5) is 23.5. The number of carbonyl (C=O) groups is 2. The Kier molecular flexibility index (Phi) is 7.32. The summed E-state index contributed by atoms with van der Waals surface area (Å²) in [5.41, 5.74) is -1.05. The van der Waals surface area contributed by atoms with Crippen LogP contribution in [0, 0.1) is 0 Å². The summed E-state index contributed by atoms with van der Waals surface area (Å²) in [6.45, 7) is 6.88. The fourth-order valence-electron chi connectivity index (χ4n) is 2.86. The Morgan fingerprint density at radius 2 is 1.55 bits per heavy atom. The molecule has 2 aromatic carbocycles. The van der Waals surface area contributed by atoms with Crippen LogP contribution in [-0.4, -0.2) is 37.7 Å². The molecule has 168 valence electrons. The lowest BCUT2D eigenvalue weighted by Crippen LogP contribution is -2.42. The van der Waals surface area contributed by atoms with Crippen molar-refractivity contribution in [1.82, 2.24) is 5.32 Å². The summed E-state index contributed by atoms with van der Waals surface area (Å²) in [6, 6.07) is 13.8. The molecule has 0 heterocycles. The van der Waals surface area contributed by atoms with E-state index in [0.717, 1.165) is 0 Å². The zero-order valence-corrected chi connectivity index (χ0v) is 18.7. The minimum absolute atomic E-state index is 0.0106. The highest BCUT2D eigenvalue weighted by molar-refractivity contribution is 7.87. The molecular weight excluding hydrogens is 422 g/mol. The average molecular weight is 450 g/mol. The third kappa shape index (κ3) is 7.29. The van der Waals surface area contributed by atoms with E-state index in [-0.39, 0.29) is 23.6 Å². The quantitative estimate of drug-likeness (QED) is 0.590. The van der Waals surface area contributed by atoms with Crippen molar-refractivity contribution in [2.45, 2.75) is 50.0 Å². The van der Waals surface area contributed by atoms with Gasteiger partial charge in [0.15, 0.2) is 0 Å². The van der Waals surface area contributed by atoms with Crippen LogP contribution in [0.25, 0.3) is 0 Å². The van der Waals surface area contributed by atoms with Crippen molar-refractivity contribution in [3.63, 3.8) is 0 Å². The van der Waals surface area contributed by atoms with Crippen molar-refractivity contribution in [2.75, 3.05) is 6.54 Å². The topological polar surface area (TPSA) is 119 Å². The van der Waals surface area contributed by atoms with Crippen LogP contribution >= 0.6 is 0 Å². The van der Waals surface area contributed by atoms with E-state index >= 15 is 0 Å². The molecule has 0 radical (unpaired) electrons. The van der Waals surface area contributed by atoms with E-state index in [2.05, 4.69) is 5.32 Å². The first kappa shape index (κ1) is 24.2. The maximum absolute atomic E-state index is 12.4. The molecule has 2 rings (SSSR count). The number of rotatable bonds is 8. The lowest BCUT2D eigenvalue weighted by atomic mass is 9.79. The van der Waals surface area contributed by atoms with Crippen molar-refractivity contribution in [2.24, 2.45) is 0 Å². The maximum atomic E-state index is 12.4. The molecule has 1 unspecified atom stereocenters. The van der Waals surface area contributed by atoms with Gasteiger partial charge in [0.05, 0.1) is 6.42 Å². The average Bonchev–Trinajstić information content (AvgIpc) is 2.65. The third-order valence-corrected chi connectivity index (χ3v) is 5.61. The SMILES string of the molecule is CC(C)(C)OC(=O)NCC(C)(CC(=O)O)c1ccc(OS(=O)(=O)c2ccccc2)cc1. The van der Waals surface area contributed by atoms with Gasteiger partial charge < -0.3 is 19.3 Å².